The quantitative estimate of drug-likeness (QED) is 0.575. The van der Waals surface area contributed by atoms with Crippen molar-refractivity contribution in [1.82, 2.24) is 14.4 Å². The predicted molar refractivity (Wildman–Crippen MR) is 122 cm³/mol. The van der Waals surface area contributed by atoms with E-state index in [0.717, 1.165) is 12.2 Å². The highest BCUT2D eigenvalue weighted by molar-refractivity contribution is 5.85. The highest BCUT2D eigenvalue weighted by Gasteiger charge is 2.25. The SMILES string of the molecule is CC(C)CC(=O)N(CC(=O)N(Cc1cccn1Cc1ccccc1)C(C)C)C(C)C. The second-order valence-electron chi connectivity index (χ2n) is 8.94. The van der Waals surface area contributed by atoms with E-state index in [2.05, 4.69) is 29.0 Å². The number of rotatable bonds is 10. The molecular formula is C25H37N3O2. The van der Waals surface area contributed by atoms with E-state index in [1.54, 1.807) is 4.90 Å². The van der Waals surface area contributed by atoms with Crippen molar-refractivity contribution in [2.45, 2.75) is 73.1 Å². The second kappa shape index (κ2) is 11.0. The molecule has 0 unspecified atom stereocenters. The van der Waals surface area contributed by atoms with Gasteiger partial charge in [0.25, 0.3) is 0 Å². The van der Waals surface area contributed by atoms with Crippen LogP contribution in [0.15, 0.2) is 48.7 Å². The average Bonchev–Trinajstić information content (AvgIpc) is 3.10. The molecule has 0 N–H and O–H groups in total. The zero-order valence-corrected chi connectivity index (χ0v) is 19.3. The summed E-state index contributed by atoms with van der Waals surface area (Å²) in [6, 6.07) is 14.4. The maximum atomic E-state index is 13.2. The van der Waals surface area contributed by atoms with Gasteiger partial charge in [-0.05, 0) is 51.3 Å². The van der Waals surface area contributed by atoms with Crippen LogP contribution in [0.3, 0.4) is 0 Å². The summed E-state index contributed by atoms with van der Waals surface area (Å²) in [4.78, 5) is 29.4. The van der Waals surface area contributed by atoms with Gasteiger partial charge >= 0.3 is 0 Å². The van der Waals surface area contributed by atoms with Gasteiger partial charge in [0.05, 0.1) is 13.1 Å². The predicted octanol–water partition coefficient (Wildman–Crippen LogP) is 4.56. The second-order valence-corrected chi connectivity index (χ2v) is 8.94. The van der Waals surface area contributed by atoms with Crippen molar-refractivity contribution in [2.75, 3.05) is 6.54 Å². The largest absolute Gasteiger partial charge is 0.345 e. The molecule has 0 saturated carbocycles. The summed E-state index contributed by atoms with van der Waals surface area (Å²) in [6.07, 6.45) is 2.52. The lowest BCUT2D eigenvalue weighted by molar-refractivity contribution is -0.143. The molecule has 2 aromatic rings. The fourth-order valence-corrected chi connectivity index (χ4v) is 3.52. The number of hydrogen-bond acceptors (Lipinski definition) is 2. The molecule has 2 rings (SSSR count). The topological polar surface area (TPSA) is 45.6 Å². The molecule has 1 aromatic carbocycles. The van der Waals surface area contributed by atoms with Crippen molar-refractivity contribution in [3.63, 3.8) is 0 Å². The molecule has 30 heavy (non-hydrogen) atoms. The number of amides is 2. The highest BCUT2D eigenvalue weighted by atomic mass is 16.2. The Kier molecular flexibility index (Phi) is 8.70. The van der Waals surface area contributed by atoms with Crippen LogP contribution in [0, 0.1) is 5.92 Å². The molecule has 2 amide bonds. The molecule has 5 heteroatoms. The third-order valence-corrected chi connectivity index (χ3v) is 5.23. The Hall–Kier alpha value is -2.56. The fraction of sp³-hybridized carbons (Fsp3) is 0.520. The summed E-state index contributed by atoms with van der Waals surface area (Å²) < 4.78 is 2.18. The first-order valence-corrected chi connectivity index (χ1v) is 11.0. The lowest BCUT2D eigenvalue weighted by Gasteiger charge is -2.32. The third kappa shape index (κ3) is 6.75. The lowest BCUT2D eigenvalue weighted by Crippen LogP contribution is -2.47. The van der Waals surface area contributed by atoms with E-state index < -0.39 is 0 Å². The average molecular weight is 412 g/mol. The van der Waals surface area contributed by atoms with E-state index in [1.807, 2.05) is 70.7 Å². The first kappa shape index (κ1) is 23.7. The maximum absolute atomic E-state index is 13.2. The third-order valence-electron chi connectivity index (χ3n) is 5.23. The minimum absolute atomic E-state index is 0.00356. The summed E-state index contributed by atoms with van der Waals surface area (Å²) in [5.41, 5.74) is 2.31. The Morgan fingerprint density at radius 3 is 2.03 bits per heavy atom. The van der Waals surface area contributed by atoms with Crippen LogP contribution in [-0.4, -0.2) is 44.8 Å². The Bertz CT molecular complexity index is 809. The fourth-order valence-electron chi connectivity index (χ4n) is 3.52. The van der Waals surface area contributed by atoms with E-state index in [-0.39, 0.29) is 36.4 Å². The van der Waals surface area contributed by atoms with Crippen molar-refractivity contribution in [1.29, 1.82) is 0 Å². The van der Waals surface area contributed by atoms with Crippen LogP contribution in [0.2, 0.25) is 0 Å². The van der Waals surface area contributed by atoms with Crippen LogP contribution < -0.4 is 0 Å². The van der Waals surface area contributed by atoms with Gasteiger partial charge in [0.2, 0.25) is 11.8 Å². The van der Waals surface area contributed by atoms with Gasteiger partial charge < -0.3 is 14.4 Å². The molecule has 0 saturated heterocycles. The summed E-state index contributed by atoms with van der Waals surface area (Å²) in [7, 11) is 0. The standard InChI is InChI=1S/C25H37N3O2/c1-19(2)15-24(29)28(21(5)6)18-25(30)27(20(3)4)17-23-13-10-14-26(23)16-22-11-8-7-9-12-22/h7-14,19-21H,15-18H2,1-6H3. The van der Waals surface area contributed by atoms with Crippen molar-refractivity contribution in [3.05, 3.63) is 59.9 Å². The Labute approximate surface area is 181 Å². The van der Waals surface area contributed by atoms with Crippen molar-refractivity contribution in [3.8, 4) is 0 Å². The van der Waals surface area contributed by atoms with Gasteiger partial charge in [0, 0.05) is 36.9 Å². The Morgan fingerprint density at radius 1 is 0.833 bits per heavy atom. The monoisotopic (exact) mass is 411 g/mol. The van der Waals surface area contributed by atoms with Crippen LogP contribution in [-0.2, 0) is 22.7 Å². The molecule has 5 nitrogen and oxygen atoms in total. The van der Waals surface area contributed by atoms with Gasteiger partial charge in [-0.3, -0.25) is 9.59 Å². The number of hydrogen-bond donors (Lipinski definition) is 0. The lowest BCUT2D eigenvalue weighted by atomic mass is 10.1. The molecule has 0 radical (unpaired) electrons. The molecule has 0 fully saturated rings. The van der Waals surface area contributed by atoms with Gasteiger partial charge in [-0.25, -0.2) is 0 Å². The van der Waals surface area contributed by atoms with E-state index in [0.29, 0.717) is 13.0 Å². The van der Waals surface area contributed by atoms with E-state index in [1.165, 1.54) is 5.56 Å². The number of carbonyl (C=O) groups excluding carboxylic acids is 2. The Balaban J connectivity index is 2.13. The summed E-state index contributed by atoms with van der Waals surface area (Å²) >= 11 is 0. The Morgan fingerprint density at radius 2 is 1.47 bits per heavy atom. The molecule has 0 atom stereocenters. The molecule has 0 spiro atoms. The maximum Gasteiger partial charge on any atom is 0.242 e. The van der Waals surface area contributed by atoms with Crippen molar-refractivity contribution >= 4 is 11.8 Å². The minimum Gasteiger partial charge on any atom is -0.345 e. The van der Waals surface area contributed by atoms with Crippen LogP contribution in [0.1, 0.15) is 59.2 Å². The molecule has 0 bridgehead atoms. The molecule has 1 heterocycles. The number of carbonyl (C=O) groups is 2. The van der Waals surface area contributed by atoms with Gasteiger partial charge in [-0.1, -0.05) is 44.2 Å². The number of aromatic nitrogens is 1. The zero-order valence-electron chi connectivity index (χ0n) is 19.3. The van der Waals surface area contributed by atoms with Gasteiger partial charge in [-0.2, -0.15) is 0 Å². The van der Waals surface area contributed by atoms with E-state index in [4.69, 9.17) is 0 Å². The minimum atomic E-state index is -0.0109. The highest BCUT2D eigenvalue weighted by Crippen LogP contribution is 2.15. The number of nitrogens with zero attached hydrogens (tertiary/aromatic N) is 3. The van der Waals surface area contributed by atoms with Gasteiger partial charge in [0.1, 0.15) is 0 Å². The van der Waals surface area contributed by atoms with E-state index >= 15 is 0 Å². The molecular weight excluding hydrogens is 374 g/mol. The molecule has 0 aliphatic rings. The van der Waals surface area contributed by atoms with Crippen LogP contribution in [0.25, 0.3) is 0 Å². The van der Waals surface area contributed by atoms with Crippen molar-refractivity contribution in [2.24, 2.45) is 5.92 Å². The molecule has 0 aliphatic heterocycles. The molecule has 1 aromatic heterocycles. The zero-order chi connectivity index (χ0) is 22.3. The molecule has 0 aliphatic carbocycles. The number of benzene rings is 1. The van der Waals surface area contributed by atoms with E-state index in [9.17, 15) is 9.59 Å². The van der Waals surface area contributed by atoms with Crippen molar-refractivity contribution < 1.29 is 9.59 Å². The van der Waals surface area contributed by atoms with Gasteiger partial charge in [-0.15, -0.1) is 0 Å². The normalized spacial score (nSPS) is 11.4. The van der Waals surface area contributed by atoms with Crippen LogP contribution in [0.5, 0.6) is 0 Å². The first-order valence-electron chi connectivity index (χ1n) is 11.0. The van der Waals surface area contributed by atoms with Crippen LogP contribution in [0.4, 0.5) is 0 Å². The molecule has 164 valence electrons. The first-order chi connectivity index (χ1) is 14.2. The summed E-state index contributed by atoms with van der Waals surface area (Å²) in [6.45, 7) is 13.5. The summed E-state index contributed by atoms with van der Waals surface area (Å²) in [5, 5.41) is 0. The summed E-state index contributed by atoms with van der Waals surface area (Å²) in [5.74, 6) is 0.309. The smallest absolute Gasteiger partial charge is 0.242 e. The van der Waals surface area contributed by atoms with Gasteiger partial charge in [0.15, 0.2) is 0 Å². The van der Waals surface area contributed by atoms with Crippen LogP contribution >= 0.6 is 0 Å².